The van der Waals surface area contributed by atoms with Crippen LogP contribution in [-0.2, 0) is 14.3 Å². The summed E-state index contributed by atoms with van der Waals surface area (Å²) in [6.07, 6.45) is 1.06. The predicted octanol–water partition coefficient (Wildman–Crippen LogP) is 6.01. The molecule has 4 rings (SSSR count). The van der Waals surface area contributed by atoms with Crippen LogP contribution >= 0.6 is 23.4 Å². The predicted molar refractivity (Wildman–Crippen MR) is 141 cm³/mol. The molecule has 0 saturated carbocycles. The lowest BCUT2D eigenvalue weighted by molar-refractivity contribution is -0.138. The molecule has 5 nitrogen and oxygen atoms in total. The maximum absolute atomic E-state index is 13.6. The van der Waals surface area contributed by atoms with Crippen LogP contribution < -0.4 is 10.1 Å². The third-order valence-corrected chi connectivity index (χ3v) is 7.62. The van der Waals surface area contributed by atoms with Gasteiger partial charge in [-0.2, -0.15) is 11.8 Å². The maximum Gasteiger partial charge on any atom is 0.336 e. The average Bonchev–Trinajstić information content (AvgIpc) is 2.86. The fourth-order valence-electron chi connectivity index (χ4n) is 4.83. The van der Waals surface area contributed by atoms with Crippen LogP contribution in [0.25, 0.3) is 0 Å². The van der Waals surface area contributed by atoms with E-state index in [1.54, 1.807) is 18.9 Å². The molecule has 0 radical (unpaired) electrons. The van der Waals surface area contributed by atoms with E-state index in [0.29, 0.717) is 35.6 Å². The van der Waals surface area contributed by atoms with Crippen molar-refractivity contribution < 1.29 is 19.1 Å². The van der Waals surface area contributed by atoms with Gasteiger partial charge in [0.1, 0.15) is 12.4 Å². The first-order valence-corrected chi connectivity index (χ1v) is 13.3. The van der Waals surface area contributed by atoms with Crippen molar-refractivity contribution in [1.82, 2.24) is 5.32 Å². The first-order valence-electron chi connectivity index (χ1n) is 11.8. The minimum absolute atomic E-state index is 0.0406. The number of ether oxygens (including phenoxy) is 2. The molecule has 35 heavy (non-hydrogen) atoms. The number of carbonyl (C=O) groups is 2. The Morgan fingerprint density at radius 2 is 1.77 bits per heavy atom. The van der Waals surface area contributed by atoms with Crippen molar-refractivity contribution in [2.45, 2.75) is 38.5 Å². The third kappa shape index (κ3) is 5.60. The second-order valence-electron chi connectivity index (χ2n) is 8.67. The molecule has 1 aliphatic carbocycles. The van der Waals surface area contributed by atoms with Gasteiger partial charge < -0.3 is 14.8 Å². The molecule has 1 aliphatic heterocycles. The fraction of sp³-hybridized carbons (Fsp3) is 0.357. The highest BCUT2D eigenvalue weighted by Gasteiger charge is 2.41. The van der Waals surface area contributed by atoms with Gasteiger partial charge >= 0.3 is 5.97 Å². The van der Waals surface area contributed by atoms with E-state index in [1.807, 2.05) is 55.5 Å². The molecule has 7 heteroatoms. The lowest BCUT2D eigenvalue weighted by Gasteiger charge is -2.36. The average molecular weight is 512 g/mol. The largest absolute Gasteiger partial charge is 0.497 e. The molecule has 0 spiro atoms. The second-order valence-corrected chi connectivity index (χ2v) is 10.5. The summed E-state index contributed by atoms with van der Waals surface area (Å²) in [6, 6.07) is 15.2. The highest BCUT2D eigenvalue weighted by molar-refractivity contribution is 7.99. The van der Waals surface area contributed by atoms with Gasteiger partial charge in [-0.3, -0.25) is 4.79 Å². The van der Waals surface area contributed by atoms with Crippen LogP contribution in [0, 0.1) is 0 Å². The first-order chi connectivity index (χ1) is 16.9. The van der Waals surface area contributed by atoms with Gasteiger partial charge in [0.2, 0.25) is 0 Å². The summed E-state index contributed by atoms with van der Waals surface area (Å²) in [6.45, 7) is 4.29. The Hall–Kier alpha value is -2.70. The minimum Gasteiger partial charge on any atom is -0.497 e. The molecule has 0 saturated heterocycles. The fourth-order valence-corrected chi connectivity index (χ4v) is 5.44. The van der Waals surface area contributed by atoms with Gasteiger partial charge in [0, 0.05) is 40.1 Å². The molecule has 2 aromatic rings. The van der Waals surface area contributed by atoms with Gasteiger partial charge in [0.05, 0.1) is 12.7 Å². The Kier molecular flexibility index (Phi) is 8.24. The Morgan fingerprint density at radius 1 is 1.09 bits per heavy atom. The number of allylic oxidation sites excluding steroid dienone is 3. The Labute approximate surface area is 215 Å². The van der Waals surface area contributed by atoms with Gasteiger partial charge in [0.25, 0.3) is 0 Å². The molecule has 0 amide bonds. The SMILES string of the molecule is CCSCCOC(=O)C1=C(C)NC2=C(C(=O)C[C@@H](c3ccc(Cl)cc3)C2)[C@@H]1c1ccc(OC)cc1. The number of Topliss-reactive ketones (excluding diaryl/α,β-unsaturated/α-hetero) is 1. The zero-order valence-corrected chi connectivity index (χ0v) is 21.8. The maximum atomic E-state index is 13.6. The zero-order chi connectivity index (χ0) is 24.9. The third-order valence-electron chi connectivity index (χ3n) is 6.50. The van der Waals surface area contributed by atoms with Crippen molar-refractivity contribution in [3.63, 3.8) is 0 Å². The van der Waals surface area contributed by atoms with Gasteiger partial charge in [0.15, 0.2) is 5.78 Å². The molecule has 1 N–H and O–H groups in total. The van der Waals surface area contributed by atoms with E-state index in [1.165, 1.54) is 0 Å². The molecule has 2 atom stereocenters. The number of nitrogens with one attached hydrogen (secondary N) is 1. The molecule has 1 heterocycles. The van der Waals surface area contributed by atoms with E-state index in [0.717, 1.165) is 39.8 Å². The first kappa shape index (κ1) is 25.4. The van der Waals surface area contributed by atoms with Crippen LogP contribution in [0.5, 0.6) is 5.75 Å². The van der Waals surface area contributed by atoms with Crippen LogP contribution in [0.4, 0.5) is 0 Å². The van der Waals surface area contributed by atoms with E-state index in [4.69, 9.17) is 21.1 Å². The van der Waals surface area contributed by atoms with Crippen molar-refractivity contribution >= 4 is 35.1 Å². The van der Waals surface area contributed by atoms with E-state index in [9.17, 15) is 9.59 Å². The molecule has 0 fully saturated rings. The Morgan fingerprint density at radius 3 is 2.43 bits per heavy atom. The summed E-state index contributed by atoms with van der Waals surface area (Å²) in [5.74, 6) is 1.65. The highest BCUT2D eigenvalue weighted by Crippen LogP contribution is 2.46. The van der Waals surface area contributed by atoms with Crippen molar-refractivity contribution in [2.24, 2.45) is 0 Å². The molecule has 0 bridgehead atoms. The summed E-state index contributed by atoms with van der Waals surface area (Å²) in [4.78, 5) is 26.9. The Balaban J connectivity index is 1.70. The molecule has 184 valence electrons. The van der Waals surface area contributed by atoms with Crippen molar-refractivity contribution in [1.29, 1.82) is 0 Å². The number of ketones is 1. The number of thioether (sulfide) groups is 1. The van der Waals surface area contributed by atoms with Crippen molar-refractivity contribution in [2.75, 3.05) is 25.2 Å². The molecule has 2 aromatic carbocycles. The van der Waals surface area contributed by atoms with Crippen molar-refractivity contribution in [3.05, 3.63) is 87.2 Å². The van der Waals surface area contributed by atoms with Gasteiger partial charge in [-0.05, 0) is 60.4 Å². The summed E-state index contributed by atoms with van der Waals surface area (Å²) >= 11 is 7.79. The van der Waals surface area contributed by atoms with Crippen LogP contribution in [-0.4, -0.2) is 37.0 Å². The number of halogens is 1. The van der Waals surface area contributed by atoms with Crippen LogP contribution in [0.1, 0.15) is 49.7 Å². The Bertz CT molecular complexity index is 1150. The summed E-state index contributed by atoms with van der Waals surface area (Å²) in [5.41, 5.74) is 4.69. The molecule has 2 aliphatic rings. The van der Waals surface area contributed by atoms with E-state index in [2.05, 4.69) is 12.2 Å². The monoisotopic (exact) mass is 511 g/mol. The van der Waals surface area contributed by atoms with Crippen molar-refractivity contribution in [3.8, 4) is 5.75 Å². The van der Waals surface area contributed by atoms with E-state index in [-0.39, 0.29) is 17.7 Å². The van der Waals surface area contributed by atoms with Crippen LogP contribution in [0.2, 0.25) is 5.02 Å². The van der Waals surface area contributed by atoms with Gasteiger partial charge in [-0.25, -0.2) is 4.79 Å². The molecule has 0 aromatic heterocycles. The van der Waals surface area contributed by atoms with E-state index >= 15 is 0 Å². The number of dihydropyridines is 1. The quantitative estimate of drug-likeness (QED) is 0.346. The standard InChI is InChI=1S/C28H30ClNO4S/c1-4-35-14-13-34-28(32)25-17(2)30-23-15-20(18-5-9-21(29)10-6-18)16-24(31)27(23)26(25)19-7-11-22(33-3)12-8-19/h5-12,20,26,30H,4,13-16H2,1-3H3/t20-,26+/m0/s1. The lowest BCUT2D eigenvalue weighted by atomic mass is 9.72. The minimum atomic E-state index is -0.484. The number of hydrogen-bond donors (Lipinski definition) is 1. The number of benzene rings is 2. The lowest BCUT2D eigenvalue weighted by Crippen LogP contribution is -2.36. The number of hydrogen-bond acceptors (Lipinski definition) is 6. The van der Waals surface area contributed by atoms with Gasteiger partial charge in [-0.1, -0.05) is 42.8 Å². The summed E-state index contributed by atoms with van der Waals surface area (Å²) in [5, 5.41) is 4.07. The van der Waals surface area contributed by atoms with Gasteiger partial charge in [-0.15, -0.1) is 0 Å². The second kappa shape index (κ2) is 11.4. The topological polar surface area (TPSA) is 64.6 Å². The molecule has 0 unspecified atom stereocenters. The number of esters is 1. The molecular weight excluding hydrogens is 482 g/mol. The van der Waals surface area contributed by atoms with E-state index < -0.39 is 5.92 Å². The van der Waals surface area contributed by atoms with Crippen LogP contribution in [0.15, 0.2) is 71.1 Å². The molecular formula is C28H30ClNO4S. The normalized spacial score (nSPS) is 19.8. The summed E-state index contributed by atoms with van der Waals surface area (Å²) < 4.78 is 11.0. The smallest absolute Gasteiger partial charge is 0.336 e. The number of rotatable bonds is 8. The number of carbonyl (C=O) groups excluding carboxylic acids is 2. The highest BCUT2D eigenvalue weighted by atomic mass is 35.5. The zero-order valence-electron chi connectivity index (χ0n) is 20.2. The van der Waals surface area contributed by atoms with Crippen LogP contribution in [0.3, 0.4) is 0 Å². The number of methoxy groups -OCH3 is 1. The summed E-state index contributed by atoms with van der Waals surface area (Å²) in [7, 11) is 1.61.